The lowest BCUT2D eigenvalue weighted by Crippen LogP contribution is -2.14. The molecular weight excluding hydrogens is 525 g/mol. The zero-order chi connectivity index (χ0) is 26.2. The Kier molecular flexibility index (Phi) is 9.87. The fraction of sp³-hybridized carbons (Fsp3) is 0.269. The van der Waals surface area contributed by atoms with Gasteiger partial charge >= 0.3 is 5.97 Å². The number of aliphatic hydroxyl groups excluding tert-OH is 1. The highest BCUT2D eigenvalue weighted by atomic mass is 35.5. The van der Waals surface area contributed by atoms with Crippen molar-refractivity contribution < 1.29 is 28.9 Å². The predicted octanol–water partition coefficient (Wildman–Crippen LogP) is 6.77. The summed E-state index contributed by atoms with van der Waals surface area (Å²) in [5, 5.41) is 11.9. The topological polar surface area (TPSA) is 94.4 Å². The summed E-state index contributed by atoms with van der Waals surface area (Å²) in [6, 6.07) is 10.4. The highest BCUT2D eigenvalue weighted by molar-refractivity contribution is 8.18. The molecule has 0 atom stereocenters. The number of hydrogen-bond acceptors (Lipinski definition) is 7. The number of thioether (sulfide) groups is 1. The largest absolute Gasteiger partial charge is 0.506 e. The van der Waals surface area contributed by atoms with Gasteiger partial charge in [-0.15, -0.1) is 0 Å². The van der Waals surface area contributed by atoms with E-state index in [2.05, 4.69) is 4.99 Å². The first-order valence-corrected chi connectivity index (χ1v) is 12.7. The molecule has 0 spiro atoms. The Morgan fingerprint density at radius 2 is 1.89 bits per heavy atom. The van der Waals surface area contributed by atoms with Gasteiger partial charge in [-0.05, 0) is 49.2 Å². The van der Waals surface area contributed by atoms with E-state index in [4.69, 9.17) is 37.4 Å². The second-order valence-electron chi connectivity index (χ2n) is 7.55. The monoisotopic (exact) mass is 549 g/mol. The summed E-state index contributed by atoms with van der Waals surface area (Å²) >= 11 is 13.2. The lowest BCUT2D eigenvalue weighted by molar-refractivity contribution is -0.138. The van der Waals surface area contributed by atoms with Crippen LogP contribution >= 0.6 is 35.0 Å². The molecule has 3 rings (SSSR count). The first-order valence-electron chi connectivity index (χ1n) is 11.1. The van der Waals surface area contributed by atoms with Crippen molar-refractivity contribution in [3.8, 4) is 11.5 Å². The number of hydrogen-bond donors (Lipinski definition) is 1. The van der Waals surface area contributed by atoms with Crippen molar-refractivity contribution in [2.45, 2.75) is 33.3 Å². The summed E-state index contributed by atoms with van der Waals surface area (Å²) in [5.41, 5.74) is 1.31. The van der Waals surface area contributed by atoms with E-state index in [-0.39, 0.29) is 41.9 Å². The van der Waals surface area contributed by atoms with Gasteiger partial charge in [-0.1, -0.05) is 54.0 Å². The van der Waals surface area contributed by atoms with Crippen molar-refractivity contribution in [3.63, 3.8) is 0 Å². The van der Waals surface area contributed by atoms with E-state index in [1.165, 1.54) is 7.11 Å². The minimum atomic E-state index is -0.740. The molecule has 0 radical (unpaired) electrons. The van der Waals surface area contributed by atoms with Crippen LogP contribution in [-0.2, 0) is 20.9 Å². The molecule has 7 nitrogen and oxygen atoms in total. The molecule has 0 aliphatic carbocycles. The van der Waals surface area contributed by atoms with Gasteiger partial charge in [0.2, 0.25) is 5.91 Å². The number of carbonyl (C=O) groups excluding carboxylic acids is 2. The highest BCUT2D eigenvalue weighted by Crippen LogP contribution is 2.40. The number of nitrogens with zero attached hydrogens (tertiary/aromatic N) is 1. The summed E-state index contributed by atoms with van der Waals surface area (Å²) in [7, 11) is 1.51. The van der Waals surface area contributed by atoms with Crippen molar-refractivity contribution in [2.75, 3.05) is 13.7 Å². The maximum Gasteiger partial charge on any atom is 0.344 e. The summed E-state index contributed by atoms with van der Waals surface area (Å²) in [6.07, 6.45) is 2.51. The summed E-state index contributed by atoms with van der Waals surface area (Å²) in [5.74, 6) is -0.461. The Morgan fingerprint density at radius 1 is 1.11 bits per heavy atom. The number of aliphatic hydroxyl groups is 1. The van der Waals surface area contributed by atoms with Gasteiger partial charge in [0.25, 0.3) is 0 Å². The maximum absolute atomic E-state index is 12.5. The molecule has 190 valence electrons. The molecule has 0 saturated heterocycles. The van der Waals surface area contributed by atoms with Crippen LogP contribution in [0.25, 0.3) is 6.08 Å². The van der Waals surface area contributed by atoms with Crippen LogP contribution in [0.5, 0.6) is 11.5 Å². The lowest BCUT2D eigenvalue weighted by atomic mass is 10.1. The van der Waals surface area contributed by atoms with E-state index in [0.29, 0.717) is 38.4 Å². The molecule has 0 saturated carbocycles. The summed E-state index contributed by atoms with van der Waals surface area (Å²) in [6.45, 7) is 3.84. The van der Waals surface area contributed by atoms with E-state index < -0.39 is 5.97 Å². The zero-order valence-corrected chi connectivity index (χ0v) is 22.3. The van der Waals surface area contributed by atoms with Gasteiger partial charge in [-0.3, -0.25) is 4.79 Å². The normalized spacial score (nSPS) is 15.5. The van der Waals surface area contributed by atoms with E-state index in [0.717, 1.165) is 17.3 Å². The first-order chi connectivity index (χ1) is 17.3. The van der Waals surface area contributed by atoms with E-state index in [9.17, 15) is 14.7 Å². The van der Waals surface area contributed by atoms with Crippen LogP contribution in [0.4, 0.5) is 0 Å². The molecule has 1 aliphatic rings. The molecule has 0 aromatic heterocycles. The zero-order valence-electron chi connectivity index (χ0n) is 20.0. The molecule has 1 N–H and O–H groups in total. The van der Waals surface area contributed by atoms with Gasteiger partial charge in [0.1, 0.15) is 23.0 Å². The number of methoxy groups -OCH3 is 1. The SMILES string of the molecule is CCCC(=O)N=C1S/C(=C\c2ccc(OCc3ccc(Cl)cc3Cl)c(OC)c2)C(O)=C1C(=O)OCC. The van der Waals surface area contributed by atoms with Gasteiger partial charge in [0, 0.05) is 22.0 Å². The van der Waals surface area contributed by atoms with Crippen LogP contribution in [0.2, 0.25) is 10.0 Å². The van der Waals surface area contributed by atoms with Crippen molar-refractivity contribution in [1.82, 2.24) is 0 Å². The Hall–Kier alpha value is -2.94. The number of esters is 1. The van der Waals surface area contributed by atoms with Gasteiger partial charge in [-0.25, -0.2) is 9.79 Å². The van der Waals surface area contributed by atoms with E-state index in [1.54, 1.807) is 49.4 Å². The van der Waals surface area contributed by atoms with Crippen LogP contribution in [0, 0.1) is 0 Å². The van der Waals surface area contributed by atoms with Crippen LogP contribution < -0.4 is 9.47 Å². The second kappa shape index (κ2) is 12.9. The third-order valence-corrected chi connectivity index (χ3v) is 6.55. The Morgan fingerprint density at radius 3 is 2.56 bits per heavy atom. The minimum absolute atomic E-state index is 0.113. The van der Waals surface area contributed by atoms with Crippen molar-refractivity contribution >= 4 is 58.0 Å². The van der Waals surface area contributed by atoms with Gasteiger partial charge in [0.15, 0.2) is 11.5 Å². The number of carbonyl (C=O) groups is 2. The molecule has 0 fully saturated rings. The number of benzene rings is 2. The number of amides is 1. The predicted molar refractivity (Wildman–Crippen MR) is 143 cm³/mol. The number of halogens is 2. The quantitative estimate of drug-likeness (QED) is 0.345. The molecule has 36 heavy (non-hydrogen) atoms. The molecule has 1 heterocycles. The maximum atomic E-state index is 12.5. The van der Waals surface area contributed by atoms with Gasteiger partial charge in [0.05, 0.1) is 18.6 Å². The number of rotatable bonds is 9. The smallest absolute Gasteiger partial charge is 0.344 e. The number of aliphatic imine (C=N–C) groups is 1. The van der Waals surface area contributed by atoms with Crippen LogP contribution in [-0.4, -0.2) is 35.7 Å². The highest BCUT2D eigenvalue weighted by Gasteiger charge is 2.33. The average molecular weight is 550 g/mol. The lowest BCUT2D eigenvalue weighted by Gasteiger charge is -2.12. The molecule has 1 amide bonds. The Balaban J connectivity index is 1.88. The Bertz CT molecular complexity index is 1250. The fourth-order valence-electron chi connectivity index (χ4n) is 3.21. The third-order valence-electron chi connectivity index (χ3n) is 4.94. The molecule has 0 unspecified atom stereocenters. The minimum Gasteiger partial charge on any atom is -0.506 e. The first kappa shape index (κ1) is 27.6. The molecule has 2 aromatic carbocycles. The number of ether oxygens (including phenoxy) is 3. The van der Waals surface area contributed by atoms with Gasteiger partial charge in [-0.2, -0.15) is 0 Å². The molecular formula is C26H25Cl2NO6S. The average Bonchev–Trinajstić information content (AvgIpc) is 3.13. The van der Waals surface area contributed by atoms with Crippen molar-refractivity contribution in [3.05, 3.63) is 73.8 Å². The second-order valence-corrected chi connectivity index (χ2v) is 9.42. The summed E-state index contributed by atoms with van der Waals surface area (Å²) in [4.78, 5) is 28.9. The Labute approximate surface area is 223 Å². The molecule has 2 aromatic rings. The summed E-state index contributed by atoms with van der Waals surface area (Å²) < 4.78 is 16.4. The standard InChI is InChI=1S/C26H25Cl2NO6S/c1-4-6-22(30)29-25-23(26(32)34-5-2)24(31)21(36-25)12-15-7-10-19(20(11-15)33-3)35-14-16-8-9-17(27)13-18(16)28/h7-13,31H,4-6,14H2,1-3H3/b21-12-,29-25?. The fourth-order valence-corrected chi connectivity index (χ4v) is 4.71. The molecule has 0 bridgehead atoms. The molecule has 10 heteroatoms. The van der Waals surface area contributed by atoms with E-state index >= 15 is 0 Å². The molecule has 1 aliphatic heterocycles. The third kappa shape index (κ3) is 6.84. The van der Waals surface area contributed by atoms with E-state index in [1.807, 2.05) is 6.92 Å². The van der Waals surface area contributed by atoms with Crippen LogP contribution in [0.15, 0.2) is 57.6 Å². The van der Waals surface area contributed by atoms with Crippen molar-refractivity contribution in [2.24, 2.45) is 4.99 Å². The van der Waals surface area contributed by atoms with Gasteiger partial charge < -0.3 is 19.3 Å². The van der Waals surface area contributed by atoms with Crippen molar-refractivity contribution in [1.29, 1.82) is 0 Å². The van der Waals surface area contributed by atoms with Crippen LogP contribution in [0.3, 0.4) is 0 Å². The van der Waals surface area contributed by atoms with Crippen LogP contribution in [0.1, 0.15) is 37.8 Å².